The number of carboxylic acids is 1. The summed E-state index contributed by atoms with van der Waals surface area (Å²) in [6, 6.07) is 15.8. The number of piperidine rings is 1. The number of hydrogen-bond donors (Lipinski definition) is 1. The molecule has 0 saturated carbocycles. The summed E-state index contributed by atoms with van der Waals surface area (Å²) < 4.78 is 11.1. The van der Waals surface area contributed by atoms with Gasteiger partial charge in [-0.3, -0.25) is 9.69 Å². The molecule has 0 bridgehead atoms. The van der Waals surface area contributed by atoms with Crippen molar-refractivity contribution in [2.24, 2.45) is 0 Å². The van der Waals surface area contributed by atoms with Crippen molar-refractivity contribution in [3.05, 3.63) is 59.7 Å². The van der Waals surface area contributed by atoms with Gasteiger partial charge in [0.05, 0.1) is 0 Å². The fourth-order valence-electron chi connectivity index (χ4n) is 4.85. The number of ether oxygens (including phenoxy) is 2. The zero-order valence-corrected chi connectivity index (χ0v) is 20.4. The number of hydrogen-bond acceptors (Lipinski definition) is 5. The average Bonchev–Trinajstić information content (AvgIpc) is 3.14. The monoisotopic (exact) mass is 480 g/mol. The van der Waals surface area contributed by atoms with E-state index in [4.69, 9.17) is 9.47 Å². The lowest BCUT2D eigenvalue weighted by Crippen LogP contribution is -2.51. The molecule has 1 aliphatic heterocycles. The summed E-state index contributed by atoms with van der Waals surface area (Å²) in [7, 11) is 0. The number of fused-ring (bicyclic) bond motifs is 3. The van der Waals surface area contributed by atoms with E-state index in [1.807, 2.05) is 57.2 Å². The maximum Gasteiger partial charge on any atom is 0.410 e. The summed E-state index contributed by atoms with van der Waals surface area (Å²) in [5.74, 6) is -1.21. The van der Waals surface area contributed by atoms with Crippen molar-refractivity contribution >= 4 is 18.2 Å². The van der Waals surface area contributed by atoms with Crippen LogP contribution in [0.5, 0.6) is 0 Å². The Morgan fingerprint density at radius 3 is 2.03 bits per heavy atom. The zero-order chi connectivity index (χ0) is 25.2. The second kappa shape index (κ2) is 9.98. The molecule has 2 amide bonds. The van der Waals surface area contributed by atoms with Crippen molar-refractivity contribution in [1.29, 1.82) is 0 Å². The van der Waals surface area contributed by atoms with Crippen LogP contribution >= 0.6 is 0 Å². The van der Waals surface area contributed by atoms with E-state index in [2.05, 4.69) is 12.1 Å². The van der Waals surface area contributed by atoms with Crippen LogP contribution in [0.2, 0.25) is 0 Å². The van der Waals surface area contributed by atoms with Crippen LogP contribution < -0.4 is 0 Å². The molecule has 1 fully saturated rings. The van der Waals surface area contributed by atoms with E-state index >= 15 is 0 Å². The van der Waals surface area contributed by atoms with Gasteiger partial charge in [-0.25, -0.2) is 9.59 Å². The molecule has 1 heterocycles. The van der Waals surface area contributed by atoms with Crippen LogP contribution in [-0.2, 0) is 14.3 Å². The summed E-state index contributed by atoms with van der Waals surface area (Å²) in [6.45, 7) is 5.86. The second-order valence-corrected chi connectivity index (χ2v) is 10.0. The molecule has 1 saturated heterocycles. The highest BCUT2D eigenvalue weighted by Gasteiger charge is 2.35. The Bertz CT molecular complexity index is 1060. The minimum atomic E-state index is -1.10. The molecule has 1 aliphatic carbocycles. The molecular formula is C27H32N2O6. The van der Waals surface area contributed by atoms with Crippen molar-refractivity contribution in [2.45, 2.75) is 51.2 Å². The summed E-state index contributed by atoms with van der Waals surface area (Å²) in [4.78, 5) is 39.9. The Morgan fingerprint density at radius 1 is 0.971 bits per heavy atom. The average molecular weight is 481 g/mol. The van der Waals surface area contributed by atoms with Gasteiger partial charge in [-0.05, 0) is 55.9 Å². The first-order valence-electron chi connectivity index (χ1n) is 12.0. The fraction of sp³-hybridized carbons (Fsp3) is 0.444. The predicted molar refractivity (Wildman–Crippen MR) is 130 cm³/mol. The largest absolute Gasteiger partial charge is 0.480 e. The summed E-state index contributed by atoms with van der Waals surface area (Å²) in [6.07, 6.45) is -0.139. The lowest BCUT2D eigenvalue weighted by Gasteiger charge is -2.37. The number of amides is 2. The van der Waals surface area contributed by atoms with Gasteiger partial charge < -0.3 is 19.5 Å². The first-order chi connectivity index (χ1) is 16.6. The summed E-state index contributed by atoms with van der Waals surface area (Å²) in [5, 5.41) is 9.44. The van der Waals surface area contributed by atoms with Crippen molar-refractivity contribution in [3.63, 3.8) is 0 Å². The Morgan fingerprint density at radius 2 is 1.51 bits per heavy atom. The normalized spacial score (nSPS) is 15.8. The van der Waals surface area contributed by atoms with Gasteiger partial charge in [0, 0.05) is 25.0 Å². The van der Waals surface area contributed by atoms with Gasteiger partial charge >= 0.3 is 18.2 Å². The summed E-state index contributed by atoms with van der Waals surface area (Å²) in [5.41, 5.74) is 3.85. The SMILES string of the molecule is CC(C)(C)OC(=O)N1CCC(N(CC(=O)O)C(=O)OCC2c3ccccc3-c3ccccc32)CC1. The molecule has 4 rings (SSSR count). The molecule has 0 unspecified atom stereocenters. The maximum absolute atomic E-state index is 13.1. The first kappa shape index (κ1) is 24.6. The van der Waals surface area contributed by atoms with Crippen LogP contribution in [0, 0.1) is 0 Å². The van der Waals surface area contributed by atoms with Crippen LogP contribution in [0.4, 0.5) is 9.59 Å². The van der Waals surface area contributed by atoms with Crippen molar-refractivity contribution in [3.8, 4) is 11.1 Å². The molecule has 0 spiro atoms. The Balaban J connectivity index is 1.42. The minimum absolute atomic E-state index is 0.105. The second-order valence-electron chi connectivity index (χ2n) is 10.0. The smallest absolute Gasteiger partial charge is 0.410 e. The minimum Gasteiger partial charge on any atom is -0.480 e. The molecule has 0 aromatic heterocycles. The molecule has 1 N–H and O–H groups in total. The third kappa shape index (κ3) is 5.58. The first-order valence-corrected chi connectivity index (χ1v) is 12.0. The van der Waals surface area contributed by atoms with E-state index in [9.17, 15) is 19.5 Å². The fourth-order valence-corrected chi connectivity index (χ4v) is 4.85. The lowest BCUT2D eigenvalue weighted by molar-refractivity contribution is -0.138. The number of rotatable bonds is 5. The van der Waals surface area contributed by atoms with Crippen LogP contribution in [0.15, 0.2) is 48.5 Å². The standard InChI is InChI=1S/C27H32N2O6/c1-27(2,3)35-25(32)28-14-12-18(13-15-28)29(16-24(30)31)26(33)34-17-23-21-10-6-4-8-19(21)20-9-5-7-11-22(20)23/h4-11,18,23H,12-17H2,1-3H3,(H,30,31). The van der Waals surface area contributed by atoms with E-state index in [-0.39, 0.29) is 18.6 Å². The van der Waals surface area contributed by atoms with E-state index in [1.54, 1.807) is 4.90 Å². The van der Waals surface area contributed by atoms with Crippen LogP contribution in [-0.4, -0.2) is 70.9 Å². The summed E-state index contributed by atoms with van der Waals surface area (Å²) >= 11 is 0. The molecule has 0 atom stereocenters. The van der Waals surface area contributed by atoms with Gasteiger partial charge in [-0.15, -0.1) is 0 Å². The van der Waals surface area contributed by atoms with Crippen molar-refractivity contribution in [1.82, 2.24) is 9.80 Å². The van der Waals surface area contributed by atoms with Gasteiger partial charge in [-0.1, -0.05) is 48.5 Å². The Kier molecular flexibility index (Phi) is 7.00. The zero-order valence-electron chi connectivity index (χ0n) is 20.4. The Hall–Kier alpha value is -3.55. The third-order valence-corrected chi connectivity index (χ3v) is 6.43. The highest BCUT2D eigenvalue weighted by atomic mass is 16.6. The molecule has 8 nitrogen and oxygen atoms in total. The van der Waals surface area contributed by atoms with Gasteiger partial charge in [0.15, 0.2) is 0 Å². The quantitative estimate of drug-likeness (QED) is 0.665. The lowest BCUT2D eigenvalue weighted by atomic mass is 9.98. The molecule has 186 valence electrons. The maximum atomic E-state index is 13.1. The predicted octanol–water partition coefficient (Wildman–Crippen LogP) is 4.72. The molecule has 2 aromatic rings. The molecule has 0 radical (unpaired) electrons. The van der Waals surface area contributed by atoms with Crippen LogP contribution in [0.25, 0.3) is 11.1 Å². The molecular weight excluding hydrogens is 448 g/mol. The van der Waals surface area contributed by atoms with E-state index in [0.29, 0.717) is 25.9 Å². The topological polar surface area (TPSA) is 96.4 Å². The number of benzene rings is 2. The Labute approximate surface area is 205 Å². The number of nitrogens with zero attached hydrogens (tertiary/aromatic N) is 2. The third-order valence-electron chi connectivity index (χ3n) is 6.43. The highest BCUT2D eigenvalue weighted by Crippen LogP contribution is 2.44. The molecule has 2 aromatic carbocycles. The molecule has 8 heteroatoms. The number of carbonyl (C=O) groups excluding carboxylic acids is 2. The van der Waals surface area contributed by atoms with Gasteiger partial charge in [0.25, 0.3) is 0 Å². The molecule has 35 heavy (non-hydrogen) atoms. The number of carboxylic acid groups (broad SMARTS) is 1. The number of aliphatic carboxylic acids is 1. The van der Waals surface area contributed by atoms with Crippen LogP contribution in [0.1, 0.15) is 50.7 Å². The van der Waals surface area contributed by atoms with E-state index < -0.39 is 30.3 Å². The highest BCUT2D eigenvalue weighted by molar-refractivity contribution is 5.80. The van der Waals surface area contributed by atoms with E-state index in [0.717, 1.165) is 22.3 Å². The van der Waals surface area contributed by atoms with Gasteiger partial charge in [-0.2, -0.15) is 0 Å². The number of carbonyl (C=O) groups is 3. The van der Waals surface area contributed by atoms with Gasteiger partial charge in [0.1, 0.15) is 18.8 Å². The van der Waals surface area contributed by atoms with Crippen molar-refractivity contribution < 1.29 is 29.0 Å². The van der Waals surface area contributed by atoms with Crippen LogP contribution in [0.3, 0.4) is 0 Å². The van der Waals surface area contributed by atoms with Gasteiger partial charge in [0.2, 0.25) is 0 Å². The number of likely N-dealkylation sites (tertiary alicyclic amines) is 1. The van der Waals surface area contributed by atoms with E-state index in [1.165, 1.54) is 4.90 Å². The van der Waals surface area contributed by atoms with Crippen molar-refractivity contribution in [2.75, 3.05) is 26.2 Å². The molecule has 2 aliphatic rings.